The highest BCUT2D eigenvalue weighted by molar-refractivity contribution is 5.97. The highest BCUT2D eigenvalue weighted by Gasteiger charge is 2.20. The third-order valence-corrected chi connectivity index (χ3v) is 5.22. The van der Waals surface area contributed by atoms with E-state index in [2.05, 4.69) is 10.6 Å². The fraction of sp³-hybridized carbons (Fsp3) is 0.391. The zero-order valence-electron chi connectivity index (χ0n) is 17.2. The molecule has 2 aliphatic rings. The Bertz CT molecular complexity index is 938. The summed E-state index contributed by atoms with van der Waals surface area (Å²) in [6.07, 6.45) is 2.09. The van der Waals surface area contributed by atoms with E-state index < -0.39 is 0 Å². The Morgan fingerprint density at radius 2 is 1.67 bits per heavy atom. The highest BCUT2D eigenvalue weighted by atomic mass is 16.6. The number of ether oxygens (including phenoxy) is 2. The number of benzene rings is 2. The molecule has 158 valence electrons. The molecule has 4 rings (SSSR count). The van der Waals surface area contributed by atoms with Gasteiger partial charge in [0.2, 0.25) is 5.91 Å². The van der Waals surface area contributed by atoms with Gasteiger partial charge in [0.25, 0.3) is 5.91 Å². The minimum absolute atomic E-state index is 0.0211. The highest BCUT2D eigenvalue weighted by Crippen LogP contribution is 2.30. The molecule has 2 amide bonds. The maximum Gasteiger partial charge on any atom is 0.253 e. The number of likely N-dealkylation sites (tertiary alicyclic amines) is 1. The van der Waals surface area contributed by atoms with Crippen molar-refractivity contribution in [1.29, 1.82) is 0 Å². The van der Waals surface area contributed by atoms with Crippen molar-refractivity contribution in [2.75, 3.05) is 31.6 Å². The zero-order chi connectivity index (χ0) is 20.9. The molecule has 0 saturated carbocycles. The standard InChI is InChI=1S/C23H27N3O4/c1-16(27)25-20-11-18(10-19(13-20)23(28)26-6-2-3-7-26)15-24-14-17-4-5-21-22(12-17)30-9-8-29-21/h4-5,10-13,24H,2-3,6-9,14-15H2,1H3,(H,25,27). The first kappa shape index (κ1) is 20.2. The molecule has 0 spiro atoms. The number of fused-ring (bicyclic) bond motifs is 1. The van der Waals surface area contributed by atoms with Crippen molar-refractivity contribution in [3.8, 4) is 11.5 Å². The van der Waals surface area contributed by atoms with Crippen molar-refractivity contribution in [3.05, 3.63) is 53.1 Å². The van der Waals surface area contributed by atoms with E-state index in [4.69, 9.17) is 9.47 Å². The van der Waals surface area contributed by atoms with Gasteiger partial charge in [-0.25, -0.2) is 0 Å². The van der Waals surface area contributed by atoms with Crippen LogP contribution in [0.1, 0.15) is 41.3 Å². The summed E-state index contributed by atoms with van der Waals surface area (Å²) >= 11 is 0. The zero-order valence-corrected chi connectivity index (χ0v) is 17.2. The number of nitrogens with zero attached hydrogens (tertiary/aromatic N) is 1. The fourth-order valence-electron chi connectivity index (χ4n) is 3.84. The van der Waals surface area contributed by atoms with Gasteiger partial charge in [-0.3, -0.25) is 9.59 Å². The molecular formula is C23H27N3O4. The van der Waals surface area contributed by atoms with Crippen LogP contribution in [-0.4, -0.2) is 43.0 Å². The Morgan fingerprint density at radius 3 is 2.43 bits per heavy atom. The third kappa shape index (κ3) is 4.91. The summed E-state index contributed by atoms with van der Waals surface area (Å²) in [6, 6.07) is 11.5. The van der Waals surface area contributed by atoms with Crippen LogP contribution in [0.15, 0.2) is 36.4 Å². The molecule has 1 fully saturated rings. The summed E-state index contributed by atoms with van der Waals surface area (Å²) in [5.41, 5.74) is 3.29. The van der Waals surface area contributed by atoms with Crippen LogP contribution in [0.3, 0.4) is 0 Å². The summed E-state index contributed by atoms with van der Waals surface area (Å²) in [7, 11) is 0. The molecule has 0 radical (unpaired) electrons. The van der Waals surface area contributed by atoms with Crippen LogP contribution < -0.4 is 20.1 Å². The summed E-state index contributed by atoms with van der Waals surface area (Å²) in [5, 5.41) is 6.21. The molecule has 0 atom stereocenters. The van der Waals surface area contributed by atoms with E-state index in [0.717, 1.165) is 48.6 Å². The molecule has 0 bridgehead atoms. The van der Waals surface area contributed by atoms with E-state index in [1.54, 1.807) is 6.07 Å². The molecule has 2 aliphatic heterocycles. The summed E-state index contributed by atoms with van der Waals surface area (Å²) in [5.74, 6) is 1.41. The number of anilines is 1. The summed E-state index contributed by atoms with van der Waals surface area (Å²) < 4.78 is 11.2. The van der Waals surface area contributed by atoms with Crippen molar-refractivity contribution < 1.29 is 19.1 Å². The molecule has 0 unspecified atom stereocenters. The SMILES string of the molecule is CC(=O)Nc1cc(CNCc2ccc3c(c2)OCCO3)cc(C(=O)N2CCCC2)c1. The summed E-state index contributed by atoms with van der Waals surface area (Å²) in [4.78, 5) is 26.2. The van der Waals surface area contributed by atoms with Crippen molar-refractivity contribution in [2.45, 2.75) is 32.9 Å². The van der Waals surface area contributed by atoms with Crippen molar-refractivity contribution in [1.82, 2.24) is 10.2 Å². The molecule has 30 heavy (non-hydrogen) atoms. The molecule has 7 heteroatoms. The maximum atomic E-state index is 12.8. The van der Waals surface area contributed by atoms with Crippen LogP contribution in [-0.2, 0) is 17.9 Å². The van der Waals surface area contributed by atoms with Crippen LogP contribution in [0.2, 0.25) is 0 Å². The van der Waals surface area contributed by atoms with Gasteiger partial charge in [-0.1, -0.05) is 6.07 Å². The molecule has 1 saturated heterocycles. The second kappa shape index (κ2) is 9.17. The van der Waals surface area contributed by atoms with Crippen molar-refractivity contribution >= 4 is 17.5 Å². The average Bonchev–Trinajstić information content (AvgIpc) is 3.27. The van der Waals surface area contributed by atoms with E-state index in [9.17, 15) is 9.59 Å². The molecule has 2 aromatic carbocycles. The van der Waals surface area contributed by atoms with Gasteiger partial charge < -0.3 is 25.0 Å². The lowest BCUT2D eigenvalue weighted by atomic mass is 10.1. The van der Waals surface area contributed by atoms with E-state index in [0.29, 0.717) is 37.6 Å². The number of amides is 2. The normalized spacial score (nSPS) is 15.2. The van der Waals surface area contributed by atoms with Crippen LogP contribution >= 0.6 is 0 Å². The van der Waals surface area contributed by atoms with Crippen LogP contribution in [0.4, 0.5) is 5.69 Å². The van der Waals surface area contributed by atoms with E-state index in [1.807, 2.05) is 35.2 Å². The Kier molecular flexibility index (Phi) is 6.18. The predicted octanol–water partition coefficient (Wildman–Crippen LogP) is 2.94. The molecule has 7 nitrogen and oxygen atoms in total. The first-order valence-electron chi connectivity index (χ1n) is 10.4. The lowest BCUT2D eigenvalue weighted by molar-refractivity contribution is -0.114. The van der Waals surface area contributed by atoms with E-state index in [-0.39, 0.29) is 11.8 Å². The largest absolute Gasteiger partial charge is 0.486 e. The number of hydrogen-bond donors (Lipinski definition) is 2. The smallest absolute Gasteiger partial charge is 0.253 e. The van der Waals surface area contributed by atoms with Crippen LogP contribution in [0, 0.1) is 0 Å². The molecule has 2 aromatic rings. The number of hydrogen-bond acceptors (Lipinski definition) is 5. The number of rotatable bonds is 6. The van der Waals surface area contributed by atoms with E-state index >= 15 is 0 Å². The Hall–Kier alpha value is -3.06. The lowest BCUT2D eigenvalue weighted by Gasteiger charge is -2.19. The van der Waals surface area contributed by atoms with Crippen LogP contribution in [0.5, 0.6) is 11.5 Å². The van der Waals surface area contributed by atoms with Gasteiger partial charge in [0.05, 0.1) is 0 Å². The second-order valence-electron chi connectivity index (χ2n) is 7.68. The van der Waals surface area contributed by atoms with Crippen molar-refractivity contribution in [3.63, 3.8) is 0 Å². The summed E-state index contributed by atoms with van der Waals surface area (Å²) in [6.45, 7) is 5.41. The second-order valence-corrected chi connectivity index (χ2v) is 7.68. The van der Waals surface area contributed by atoms with Gasteiger partial charge in [-0.05, 0) is 54.3 Å². The lowest BCUT2D eigenvalue weighted by Crippen LogP contribution is -2.28. The predicted molar refractivity (Wildman–Crippen MR) is 114 cm³/mol. The van der Waals surface area contributed by atoms with Crippen LogP contribution in [0.25, 0.3) is 0 Å². The first-order chi connectivity index (χ1) is 14.6. The Labute approximate surface area is 176 Å². The van der Waals surface area contributed by atoms with Gasteiger partial charge in [0.15, 0.2) is 11.5 Å². The van der Waals surface area contributed by atoms with Crippen molar-refractivity contribution in [2.24, 2.45) is 0 Å². The molecule has 0 aromatic heterocycles. The maximum absolute atomic E-state index is 12.8. The molecular weight excluding hydrogens is 382 g/mol. The third-order valence-electron chi connectivity index (χ3n) is 5.22. The first-order valence-corrected chi connectivity index (χ1v) is 10.4. The molecule has 2 N–H and O–H groups in total. The van der Waals surface area contributed by atoms with Gasteiger partial charge in [0, 0.05) is 44.4 Å². The Morgan fingerprint density at radius 1 is 0.933 bits per heavy atom. The van der Waals surface area contributed by atoms with Gasteiger partial charge >= 0.3 is 0 Å². The number of carbonyl (C=O) groups excluding carboxylic acids is 2. The van der Waals surface area contributed by atoms with E-state index in [1.165, 1.54) is 6.92 Å². The van der Waals surface area contributed by atoms with Gasteiger partial charge in [-0.15, -0.1) is 0 Å². The minimum Gasteiger partial charge on any atom is -0.486 e. The average molecular weight is 409 g/mol. The Balaban J connectivity index is 1.45. The van der Waals surface area contributed by atoms with Gasteiger partial charge in [0.1, 0.15) is 13.2 Å². The quantitative estimate of drug-likeness (QED) is 0.767. The van der Waals surface area contributed by atoms with Gasteiger partial charge in [-0.2, -0.15) is 0 Å². The topological polar surface area (TPSA) is 79.9 Å². The monoisotopic (exact) mass is 409 g/mol. The molecule has 0 aliphatic carbocycles. The molecule has 2 heterocycles. The fourth-order valence-corrected chi connectivity index (χ4v) is 3.84. The number of nitrogens with one attached hydrogen (secondary N) is 2. The number of carbonyl (C=O) groups is 2. The minimum atomic E-state index is -0.157.